The maximum Gasteiger partial charge on any atom is 0.130 e. The molecule has 0 spiro atoms. The van der Waals surface area contributed by atoms with E-state index in [9.17, 15) is 9.90 Å². The summed E-state index contributed by atoms with van der Waals surface area (Å²) < 4.78 is 0. The molecule has 0 fully saturated rings. The standard InChI is InChI=1S/C14H16O2.C4H11OS.BrH/c15-14(16)13(11-7-3-1-4-8-11)12-9-5-2-6-10-12;1-6(2)4-3-5;/h1,3-5,7-9,12-13H,2,6,10H2,(H,15,16);5H,3-4H2,1-2H3;1H/q;+1;/p-2. The average Bonchev–Trinajstić information content (AvgIpc) is 2.50. The van der Waals surface area contributed by atoms with E-state index in [0.29, 0.717) is 17.5 Å². The van der Waals surface area contributed by atoms with Crippen molar-refractivity contribution in [2.24, 2.45) is 5.92 Å². The monoisotopic (exact) mass is 401 g/mol. The third-order valence-electron chi connectivity index (χ3n) is 3.63. The van der Waals surface area contributed by atoms with E-state index in [1.807, 2.05) is 36.4 Å². The van der Waals surface area contributed by atoms with Crippen molar-refractivity contribution in [2.45, 2.75) is 25.2 Å². The van der Waals surface area contributed by atoms with Crippen LogP contribution in [0, 0.1) is 5.92 Å². The van der Waals surface area contributed by atoms with Crippen molar-refractivity contribution < 1.29 is 32.0 Å². The molecule has 0 saturated heterocycles. The van der Waals surface area contributed by atoms with E-state index in [1.54, 1.807) is 0 Å². The molecule has 130 valence electrons. The van der Waals surface area contributed by atoms with Crippen LogP contribution in [-0.4, -0.2) is 35.9 Å². The Morgan fingerprint density at radius 2 is 2.00 bits per heavy atom. The number of halogens is 1. The van der Waals surface area contributed by atoms with E-state index >= 15 is 0 Å². The molecule has 0 bridgehead atoms. The number of benzene rings is 1. The van der Waals surface area contributed by atoms with Crippen molar-refractivity contribution in [1.29, 1.82) is 0 Å². The molecular formula is C18H26BrO3S-. The van der Waals surface area contributed by atoms with Crippen LogP contribution in [0.3, 0.4) is 0 Å². The zero-order valence-electron chi connectivity index (χ0n) is 13.8. The molecule has 1 aromatic carbocycles. The zero-order chi connectivity index (χ0) is 16.4. The second-order valence-corrected chi connectivity index (χ2v) is 8.02. The molecule has 2 rings (SSSR count). The summed E-state index contributed by atoms with van der Waals surface area (Å²) in [4.78, 5) is 11.3. The summed E-state index contributed by atoms with van der Waals surface area (Å²) in [6.07, 6.45) is 11.4. The minimum absolute atomic E-state index is 0. The Labute approximate surface area is 152 Å². The molecule has 5 heteroatoms. The van der Waals surface area contributed by atoms with Crippen molar-refractivity contribution in [3.05, 3.63) is 48.0 Å². The largest absolute Gasteiger partial charge is 1.00 e. The number of carboxylic acids is 1. The highest BCUT2D eigenvalue weighted by Gasteiger charge is 2.23. The van der Waals surface area contributed by atoms with Crippen molar-refractivity contribution in [3.8, 4) is 0 Å². The maximum atomic E-state index is 11.3. The molecule has 0 radical (unpaired) electrons. The Balaban J connectivity index is 0.000000599. The highest BCUT2D eigenvalue weighted by atomic mass is 79.9. The van der Waals surface area contributed by atoms with Gasteiger partial charge >= 0.3 is 0 Å². The fourth-order valence-electron chi connectivity index (χ4n) is 2.52. The Morgan fingerprint density at radius 3 is 2.39 bits per heavy atom. The van der Waals surface area contributed by atoms with Crippen molar-refractivity contribution >= 4 is 16.9 Å². The van der Waals surface area contributed by atoms with Gasteiger partial charge in [0.15, 0.2) is 0 Å². The third-order valence-corrected chi connectivity index (χ3v) is 4.63. The first-order chi connectivity index (χ1) is 10.6. The van der Waals surface area contributed by atoms with E-state index in [1.165, 1.54) is 0 Å². The summed E-state index contributed by atoms with van der Waals surface area (Å²) in [6, 6.07) is 9.37. The van der Waals surface area contributed by atoms with Gasteiger partial charge in [-0.2, -0.15) is 0 Å². The van der Waals surface area contributed by atoms with Gasteiger partial charge in [-0.1, -0.05) is 42.5 Å². The summed E-state index contributed by atoms with van der Waals surface area (Å²) >= 11 is 0. The van der Waals surface area contributed by atoms with Crippen LogP contribution < -0.4 is 22.1 Å². The molecule has 0 heterocycles. The van der Waals surface area contributed by atoms with Gasteiger partial charge in [0, 0.05) is 11.9 Å². The number of aliphatic hydroxyl groups excluding tert-OH is 1. The molecule has 1 aliphatic rings. The van der Waals surface area contributed by atoms with Crippen LogP contribution in [0.4, 0.5) is 0 Å². The van der Waals surface area contributed by atoms with Gasteiger partial charge in [-0.3, -0.25) is 0 Å². The fourth-order valence-corrected chi connectivity index (χ4v) is 2.88. The Hall–Kier alpha value is -0.780. The molecule has 0 aliphatic heterocycles. The predicted molar refractivity (Wildman–Crippen MR) is 91.8 cm³/mol. The van der Waals surface area contributed by atoms with Crippen molar-refractivity contribution in [2.75, 3.05) is 24.9 Å². The summed E-state index contributed by atoms with van der Waals surface area (Å²) in [5.41, 5.74) is 0.846. The molecule has 2 unspecified atom stereocenters. The molecule has 2 atom stereocenters. The zero-order valence-corrected chi connectivity index (χ0v) is 16.2. The lowest BCUT2D eigenvalue weighted by atomic mass is 9.80. The van der Waals surface area contributed by atoms with Gasteiger partial charge in [0.25, 0.3) is 0 Å². The van der Waals surface area contributed by atoms with Gasteiger partial charge in [-0.15, -0.1) is 0 Å². The van der Waals surface area contributed by atoms with E-state index in [-0.39, 0.29) is 22.9 Å². The van der Waals surface area contributed by atoms with Crippen LogP contribution in [0.5, 0.6) is 0 Å². The SMILES string of the molecule is C[S+](C)CCO.O=C([O-])C(c1ccccc1)C1C=CCCC1.[Br-]. The molecule has 0 saturated carbocycles. The molecule has 1 aliphatic carbocycles. The first-order valence-corrected chi connectivity index (χ1v) is 9.84. The number of hydrogen-bond donors (Lipinski definition) is 1. The average molecular weight is 402 g/mol. The molecule has 23 heavy (non-hydrogen) atoms. The molecule has 3 nitrogen and oxygen atoms in total. The number of aliphatic carboxylic acids is 1. The lowest BCUT2D eigenvalue weighted by Crippen LogP contribution is -3.00. The van der Waals surface area contributed by atoms with Crippen molar-refractivity contribution in [3.63, 3.8) is 0 Å². The van der Waals surface area contributed by atoms with Crippen LogP contribution in [0.15, 0.2) is 42.5 Å². The van der Waals surface area contributed by atoms with Gasteiger partial charge in [0.2, 0.25) is 0 Å². The van der Waals surface area contributed by atoms with E-state index in [4.69, 9.17) is 5.11 Å². The maximum absolute atomic E-state index is 11.3. The van der Waals surface area contributed by atoms with E-state index < -0.39 is 11.9 Å². The lowest BCUT2D eigenvalue weighted by molar-refractivity contribution is -0.309. The lowest BCUT2D eigenvalue weighted by Gasteiger charge is -2.28. The van der Waals surface area contributed by atoms with Crippen LogP contribution >= 0.6 is 0 Å². The highest BCUT2D eigenvalue weighted by molar-refractivity contribution is 7.95. The van der Waals surface area contributed by atoms with Crippen LogP contribution in [-0.2, 0) is 15.7 Å². The first kappa shape index (κ1) is 22.2. The Kier molecular flexibility index (Phi) is 12.2. The van der Waals surface area contributed by atoms with Crippen molar-refractivity contribution in [1.82, 2.24) is 0 Å². The fraction of sp³-hybridized carbons (Fsp3) is 0.500. The Bertz CT molecular complexity index is 463. The predicted octanol–water partition coefficient (Wildman–Crippen LogP) is -1.26. The molecule has 1 N–H and O–H groups in total. The normalized spacial score (nSPS) is 17.7. The van der Waals surface area contributed by atoms with Crippen LogP contribution in [0.1, 0.15) is 30.7 Å². The summed E-state index contributed by atoms with van der Waals surface area (Å²) in [6.45, 7) is 0.343. The van der Waals surface area contributed by atoms with Gasteiger partial charge < -0.3 is 32.0 Å². The smallest absolute Gasteiger partial charge is 0.130 e. The summed E-state index contributed by atoms with van der Waals surface area (Å²) in [5.74, 6) is -0.429. The first-order valence-electron chi connectivity index (χ1n) is 7.63. The van der Waals surface area contributed by atoms with Gasteiger partial charge in [0.1, 0.15) is 5.75 Å². The molecule has 1 aromatic rings. The molecule has 0 aromatic heterocycles. The van der Waals surface area contributed by atoms with Gasteiger partial charge in [-0.25, -0.2) is 0 Å². The van der Waals surface area contributed by atoms with Gasteiger partial charge in [-0.05, 0) is 41.6 Å². The number of allylic oxidation sites excluding steroid dienone is 2. The Morgan fingerprint density at radius 1 is 1.35 bits per heavy atom. The number of rotatable bonds is 5. The number of hydrogen-bond acceptors (Lipinski definition) is 3. The molecule has 0 amide bonds. The van der Waals surface area contributed by atoms with Crippen LogP contribution in [0.2, 0.25) is 0 Å². The summed E-state index contributed by atoms with van der Waals surface area (Å²) in [7, 11) is 0.434. The number of carbonyl (C=O) groups is 1. The quantitative estimate of drug-likeness (QED) is 0.494. The minimum atomic E-state index is -0.970. The third kappa shape index (κ3) is 8.58. The topological polar surface area (TPSA) is 60.4 Å². The number of carboxylic acid groups (broad SMARTS) is 1. The molecular weight excluding hydrogens is 376 g/mol. The second-order valence-electron chi connectivity index (χ2n) is 5.64. The van der Waals surface area contributed by atoms with E-state index in [0.717, 1.165) is 30.6 Å². The van der Waals surface area contributed by atoms with E-state index in [2.05, 4.69) is 18.6 Å². The summed E-state index contributed by atoms with van der Waals surface area (Å²) in [5, 5.41) is 19.5. The van der Waals surface area contributed by atoms with Crippen LogP contribution in [0.25, 0.3) is 0 Å². The number of carbonyl (C=O) groups excluding carboxylic acids is 1. The minimum Gasteiger partial charge on any atom is -1.00 e. The second kappa shape index (κ2) is 12.6. The highest BCUT2D eigenvalue weighted by Crippen LogP contribution is 2.31. The number of aliphatic hydroxyl groups is 1. The van der Waals surface area contributed by atoms with Gasteiger partial charge in [0.05, 0.1) is 19.1 Å².